The lowest BCUT2D eigenvalue weighted by Gasteiger charge is -2.15. The average Bonchev–Trinajstić information content (AvgIpc) is 2.46. The van der Waals surface area contributed by atoms with Crippen LogP contribution < -0.4 is 16.4 Å². The molecule has 0 fully saturated rings. The number of rotatable bonds is 8. The summed E-state index contributed by atoms with van der Waals surface area (Å²) in [4.78, 5) is 15.8. The van der Waals surface area contributed by atoms with Crippen LogP contribution in [0.2, 0.25) is 0 Å². The molecule has 1 aromatic rings. The first kappa shape index (κ1) is 18.0. The zero-order valence-electron chi connectivity index (χ0n) is 13.8. The number of anilines is 1. The lowest BCUT2D eigenvalue weighted by atomic mass is 10.0. The largest absolute Gasteiger partial charge is 0.370 e. The first-order chi connectivity index (χ1) is 10.5. The summed E-state index contributed by atoms with van der Waals surface area (Å²) in [6.07, 6.45) is 3.42. The second-order valence-electron chi connectivity index (χ2n) is 5.99. The minimum atomic E-state index is -0.177. The summed E-state index contributed by atoms with van der Waals surface area (Å²) in [5.74, 6) is 0.864. The van der Waals surface area contributed by atoms with Crippen molar-refractivity contribution >= 4 is 17.6 Å². The fourth-order valence-electron chi connectivity index (χ4n) is 2.08. The monoisotopic (exact) mass is 304 g/mol. The summed E-state index contributed by atoms with van der Waals surface area (Å²) in [5.41, 5.74) is 6.57. The number of amides is 1. The van der Waals surface area contributed by atoms with Gasteiger partial charge in [0.25, 0.3) is 0 Å². The number of carbonyl (C=O) groups excluding carboxylic acids is 1. The van der Waals surface area contributed by atoms with E-state index in [1.807, 2.05) is 30.3 Å². The van der Waals surface area contributed by atoms with Crippen molar-refractivity contribution in [1.82, 2.24) is 5.32 Å². The summed E-state index contributed by atoms with van der Waals surface area (Å²) < 4.78 is 0. The van der Waals surface area contributed by atoms with Gasteiger partial charge in [0, 0.05) is 11.7 Å². The lowest BCUT2D eigenvalue weighted by molar-refractivity contribution is -0.114. The molecule has 1 atom stereocenters. The maximum absolute atomic E-state index is 11.7. The second kappa shape index (κ2) is 9.82. The number of para-hydroxylation sites is 1. The molecule has 0 bridgehead atoms. The number of guanidine groups is 1. The highest BCUT2D eigenvalue weighted by atomic mass is 16.1. The van der Waals surface area contributed by atoms with Gasteiger partial charge in [-0.25, -0.2) is 4.99 Å². The molecule has 0 saturated heterocycles. The van der Waals surface area contributed by atoms with Gasteiger partial charge in [0.1, 0.15) is 6.54 Å². The van der Waals surface area contributed by atoms with E-state index in [1.165, 1.54) is 6.42 Å². The highest BCUT2D eigenvalue weighted by Crippen LogP contribution is 2.08. The van der Waals surface area contributed by atoms with Crippen LogP contribution in [0.3, 0.4) is 0 Å². The third-order valence-electron chi connectivity index (χ3n) is 3.26. The predicted octanol–water partition coefficient (Wildman–Crippen LogP) is 2.74. The van der Waals surface area contributed by atoms with Gasteiger partial charge in [-0.2, -0.15) is 0 Å². The molecule has 0 heterocycles. The van der Waals surface area contributed by atoms with Gasteiger partial charge in [0.2, 0.25) is 5.91 Å². The SMILES string of the molecule is CC(C)CCCC(C)NC(N)=NCC(=O)Nc1ccccc1. The van der Waals surface area contributed by atoms with Gasteiger partial charge in [-0.05, 0) is 31.4 Å². The van der Waals surface area contributed by atoms with Gasteiger partial charge in [-0.1, -0.05) is 44.9 Å². The van der Waals surface area contributed by atoms with Crippen molar-refractivity contribution in [3.63, 3.8) is 0 Å². The molecular weight excluding hydrogens is 276 g/mol. The molecule has 4 N–H and O–H groups in total. The van der Waals surface area contributed by atoms with E-state index in [4.69, 9.17) is 5.73 Å². The quantitative estimate of drug-likeness (QED) is 0.510. The lowest BCUT2D eigenvalue weighted by Crippen LogP contribution is -2.39. The minimum absolute atomic E-state index is 0.0203. The summed E-state index contributed by atoms with van der Waals surface area (Å²) in [7, 11) is 0. The van der Waals surface area contributed by atoms with Crippen molar-refractivity contribution in [2.45, 2.75) is 46.1 Å². The molecule has 0 aliphatic carbocycles. The molecule has 22 heavy (non-hydrogen) atoms. The van der Waals surface area contributed by atoms with E-state index in [0.717, 1.165) is 24.4 Å². The summed E-state index contributed by atoms with van der Waals surface area (Å²) in [6, 6.07) is 9.57. The van der Waals surface area contributed by atoms with E-state index < -0.39 is 0 Å². The molecule has 1 rings (SSSR count). The standard InChI is InChI=1S/C17H28N4O/c1-13(2)8-7-9-14(3)20-17(18)19-12-16(22)21-15-10-5-4-6-11-15/h4-6,10-11,13-14H,7-9,12H2,1-3H3,(H,21,22)(H3,18,19,20). The Morgan fingerprint density at radius 2 is 1.86 bits per heavy atom. The molecule has 0 aliphatic heterocycles. The van der Waals surface area contributed by atoms with E-state index in [1.54, 1.807) is 0 Å². The van der Waals surface area contributed by atoms with Crippen molar-refractivity contribution in [3.8, 4) is 0 Å². The molecule has 1 aromatic carbocycles. The molecule has 122 valence electrons. The third kappa shape index (κ3) is 8.29. The summed E-state index contributed by atoms with van der Waals surface area (Å²) in [6.45, 7) is 6.54. The molecule has 0 radical (unpaired) electrons. The van der Waals surface area contributed by atoms with E-state index in [9.17, 15) is 4.79 Å². The number of hydrogen-bond acceptors (Lipinski definition) is 2. The number of hydrogen-bond donors (Lipinski definition) is 3. The van der Waals surface area contributed by atoms with Crippen molar-refractivity contribution in [2.24, 2.45) is 16.6 Å². The normalized spacial score (nSPS) is 13.0. The minimum Gasteiger partial charge on any atom is -0.370 e. The third-order valence-corrected chi connectivity index (χ3v) is 3.26. The predicted molar refractivity (Wildman–Crippen MR) is 92.8 cm³/mol. The Kier molecular flexibility index (Phi) is 8.04. The number of nitrogens with one attached hydrogen (secondary N) is 2. The Morgan fingerprint density at radius 3 is 2.50 bits per heavy atom. The van der Waals surface area contributed by atoms with Crippen molar-refractivity contribution in [1.29, 1.82) is 0 Å². The van der Waals surface area contributed by atoms with E-state index in [2.05, 4.69) is 36.4 Å². The molecule has 0 saturated carbocycles. The number of aliphatic imine (C=N–C) groups is 1. The Labute approximate surface area is 133 Å². The van der Waals surface area contributed by atoms with Crippen molar-refractivity contribution in [3.05, 3.63) is 30.3 Å². The number of carbonyl (C=O) groups is 1. The maximum atomic E-state index is 11.7. The van der Waals surface area contributed by atoms with Gasteiger partial charge in [-0.15, -0.1) is 0 Å². The van der Waals surface area contributed by atoms with E-state index in [0.29, 0.717) is 5.96 Å². The van der Waals surface area contributed by atoms with E-state index >= 15 is 0 Å². The van der Waals surface area contributed by atoms with Crippen molar-refractivity contribution in [2.75, 3.05) is 11.9 Å². The first-order valence-electron chi connectivity index (χ1n) is 7.88. The maximum Gasteiger partial charge on any atom is 0.246 e. The highest BCUT2D eigenvalue weighted by molar-refractivity contribution is 5.93. The Bertz CT molecular complexity index is 471. The Morgan fingerprint density at radius 1 is 1.18 bits per heavy atom. The molecule has 0 aromatic heterocycles. The zero-order valence-corrected chi connectivity index (χ0v) is 13.8. The average molecular weight is 304 g/mol. The topological polar surface area (TPSA) is 79.5 Å². The van der Waals surface area contributed by atoms with Gasteiger partial charge in [0.15, 0.2) is 5.96 Å². The second-order valence-corrected chi connectivity index (χ2v) is 5.99. The number of nitrogens with zero attached hydrogens (tertiary/aromatic N) is 1. The molecule has 1 unspecified atom stereocenters. The van der Waals surface area contributed by atoms with E-state index in [-0.39, 0.29) is 18.5 Å². The fourth-order valence-corrected chi connectivity index (χ4v) is 2.08. The van der Waals surface area contributed by atoms with Gasteiger partial charge in [0.05, 0.1) is 0 Å². The van der Waals surface area contributed by atoms with Crippen LogP contribution in [0.1, 0.15) is 40.0 Å². The number of nitrogens with two attached hydrogens (primary N) is 1. The first-order valence-corrected chi connectivity index (χ1v) is 7.88. The number of benzene rings is 1. The molecular formula is C17H28N4O. The summed E-state index contributed by atoms with van der Waals surface area (Å²) >= 11 is 0. The molecule has 5 nitrogen and oxygen atoms in total. The van der Waals surface area contributed by atoms with Gasteiger partial charge in [-0.3, -0.25) is 4.79 Å². The van der Waals surface area contributed by atoms with Crippen LogP contribution in [-0.4, -0.2) is 24.5 Å². The van der Waals surface area contributed by atoms with Crippen LogP contribution in [-0.2, 0) is 4.79 Å². The summed E-state index contributed by atoms with van der Waals surface area (Å²) in [5, 5.41) is 5.89. The van der Waals surface area contributed by atoms with Crippen LogP contribution in [0.4, 0.5) is 5.69 Å². The van der Waals surface area contributed by atoms with Crippen LogP contribution in [0, 0.1) is 5.92 Å². The molecule has 5 heteroatoms. The van der Waals surface area contributed by atoms with Gasteiger partial charge >= 0.3 is 0 Å². The van der Waals surface area contributed by atoms with Crippen LogP contribution >= 0.6 is 0 Å². The van der Waals surface area contributed by atoms with Crippen LogP contribution in [0.25, 0.3) is 0 Å². The van der Waals surface area contributed by atoms with Crippen LogP contribution in [0.5, 0.6) is 0 Å². The van der Waals surface area contributed by atoms with Crippen molar-refractivity contribution < 1.29 is 4.79 Å². The highest BCUT2D eigenvalue weighted by Gasteiger charge is 2.05. The fraction of sp³-hybridized carbons (Fsp3) is 0.529. The van der Waals surface area contributed by atoms with Crippen LogP contribution in [0.15, 0.2) is 35.3 Å². The molecule has 1 amide bonds. The zero-order chi connectivity index (χ0) is 16.4. The Balaban J connectivity index is 2.28. The van der Waals surface area contributed by atoms with Gasteiger partial charge < -0.3 is 16.4 Å². The molecule has 0 aliphatic rings. The smallest absolute Gasteiger partial charge is 0.246 e. The Hall–Kier alpha value is -2.04. The molecule has 0 spiro atoms.